The number of nitrogens with zero attached hydrogens (tertiary/aromatic N) is 1. The molecule has 0 atom stereocenters. The summed E-state index contributed by atoms with van der Waals surface area (Å²) in [4.78, 5) is 12.7. The summed E-state index contributed by atoms with van der Waals surface area (Å²) in [6.45, 7) is 0.275. The summed E-state index contributed by atoms with van der Waals surface area (Å²) in [7, 11) is -2.37. The predicted molar refractivity (Wildman–Crippen MR) is 122 cm³/mol. The molecule has 10 heteroatoms. The Morgan fingerprint density at radius 2 is 1.68 bits per heavy atom. The number of hydrogen-bond donors (Lipinski definition) is 1. The molecule has 3 aromatic rings. The molecule has 0 aliphatic carbocycles. The van der Waals surface area contributed by atoms with Crippen LogP contribution >= 0.6 is 0 Å². The summed E-state index contributed by atoms with van der Waals surface area (Å²) >= 11 is 0. The number of ether oxygens (including phenoxy) is 1. The zero-order valence-corrected chi connectivity index (χ0v) is 18.9. The fourth-order valence-corrected chi connectivity index (χ4v) is 5.29. The Hall–Kier alpha value is -3.53. The van der Waals surface area contributed by atoms with Gasteiger partial charge in [-0.25, -0.2) is 8.42 Å². The molecule has 1 amide bonds. The van der Waals surface area contributed by atoms with Crippen LogP contribution in [0.2, 0.25) is 0 Å². The van der Waals surface area contributed by atoms with Crippen LogP contribution in [0.15, 0.2) is 71.6 Å². The number of methoxy groups -OCH3 is 1. The Labute approximate surface area is 195 Å². The topological polar surface area (TPSA) is 75.7 Å². The molecule has 0 radical (unpaired) electrons. The molecule has 6 nitrogen and oxygen atoms in total. The maximum atomic E-state index is 13.3. The number of benzene rings is 3. The molecule has 178 valence electrons. The van der Waals surface area contributed by atoms with Crippen molar-refractivity contribution in [2.45, 2.75) is 23.9 Å². The Bertz CT molecular complexity index is 1310. The van der Waals surface area contributed by atoms with E-state index in [1.165, 1.54) is 23.5 Å². The molecule has 0 aromatic heterocycles. The average molecular weight is 491 g/mol. The number of aryl methyl sites for hydroxylation is 1. The number of halogens is 3. The van der Waals surface area contributed by atoms with Crippen molar-refractivity contribution in [2.24, 2.45) is 0 Å². The lowest BCUT2D eigenvalue weighted by Crippen LogP contribution is -2.35. The van der Waals surface area contributed by atoms with E-state index in [1.807, 2.05) is 0 Å². The smallest absolute Gasteiger partial charge is 0.416 e. The van der Waals surface area contributed by atoms with Crippen molar-refractivity contribution in [2.75, 3.05) is 23.3 Å². The van der Waals surface area contributed by atoms with Gasteiger partial charge >= 0.3 is 6.18 Å². The van der Waals surface area contributed by atoms with Crippen molar-refractivity contribution < 1.29 is 31.1 Å². The molecule has 0 bridgehead atoms. The van der Waals surface area contributed by atoms with Crippen molar-refractivity contribution in [3.05, 3.63) is 83.4 Å². The van der Waals surface area contributed by atoms with Gasteiger partial charge in [0.15, 0.2) is 0 Å². The quantitative estimate of drug-likeness (QED) is 0.540. The van der Waals surface area contributed by atoms with E-state index in [1.54, 1.807) is 30.3 Å². The fourth-order valence-electron chi connectivity index (χ4n) is 3.76. The number of nitrogens with one attached hydrogen (secondary N) is 1. The van der Waals surface area contributed by atoms with Gasteiger partial charge in [-0.3, -0.25) is 9.10 Å². The predicted octanol–water partition coefficient (Wildman–Crippen LogP) is 5.11. The van der Waals surface area contributed by atoms with Crippen LogP contribution in [0, 0.1) is 0 Å². The first kappa shape index (κ1) is 23.6. The van der Waals surface area contributed by atoms with Gasteiger partial charge in [0, 0.05) is 17.8 Å². The lowest BCUT2D eigenvalue weighted by Gasteiger charge is -2.31. The van der Waals surface area contributed by atoms with Gasteiger partial charge in [0.25, 0.3) is 15.9 Å². The molecule has 0 fully saturated rings. The van der Waals surface area contributed by atoms with Gasteiger partial charge < -0.3 is 10.1 Å². The molecule has 1 heterocycles. The van der Waals surface area contributed by atoms with Gasteiger partial charge in [-0.05, 0) is 79.1 Å². The molecule has 34 heavy (non-hydrogen) atoms. The summed E-state index contributed by atoms with van der Waals surface area (Å²) in [5.41, 5.74) is 0.800. The molecule has 1 aliphatic heterocycles. The summed E-state index contributed by atoms with van der Waals surface area (Å²) < 4.78 is 71.3. The van der Waals surface area contributed by atoms with Crippen LogP contribution in [0.1, 0.15) is 27.9 Å². The number of anilines is 2. The van der Waals surface area contributed by atoms with E-state index in [-0.39, 0.29) is 17.0 Å². The van der Waals surface area contributed by atoms with Crippen LogP contribution in [0.25, 0.3) is 0 Å². The first-order chi connectivity index (χ1) is 16.1. The van der Waals surface area contributed by atoms with Crippen molar-refractivity contribution in [1.82, 2.24) is 0 Å². The molecular formula is C24H21F3N2O4S. The lowest BCUT2D eigenvalue weighted by molar-refractivity contribution is -0.137. The number of carbonyl (C=O) groups excluding carboxylic acids is 1. The molecule has 1 aliphatic rings. The SMILES string of the molecule is COc1ccc(S(=O)(=O)N2CCCc3ccc(NC(=O)c4ccc(C(F)(F)F)cc4)cc32)cc1. The Morgan fingerprint density at radius 3 is 2.29 bits per heavy atom. The van der Waals surface area contributed by atoms with E-state index in [2.05, 4.69) is 5.32 Å². The third kappa shape index (κ3) is 4.72. The first-order valence-corrected chi connectivity index (χ1v) is 11.8. The van der Waals surface area contributed by atoms with Crippen molar-refractivity contribution in [1.29, 1.82) is 0 Å². The van der Waals surface area contributed by atoms with Gasteiger partial charge in [-0.15, -0.1) is 0 Å². The number of hydrogen-bond acceptors (Lipinski definition) is 4. The number of fused-ring (bicyclic) bond motifs is 1. The van der Waals surface area contributed by atoms with Crippen molar-refractivity contribution in [3.63, 3.8) is 0 Å². The summed E-state index contributed by atoms with van der Waals surface area (Å²) in [6.07, 6.45) is -3.18. The maximum absolute atomic E-state index is 13.3. The zero-order chi connectivity index (χ0) is 24.5. The van der Waals surface area contributed by atoms with Gasteiger partial charge in [-0.2, -0.15) is 13.2 Å². The van der Waals surface area contributed by atoms with Crippen LogP contribution in [-0.2, 0) is 22.6 Å². The second-order valence-electron chi connectivity index (χ2n) is 7.73. The van der Waals surface area contributed by atoms with Crippen LogP contribution in [0.3, 0.4) is 0 Å². The van der Waals surface area contributed by atoms with Crippen LogP contribution in [0.5, 0.6) is 5.75 Å². The van der Waals surface area contributed by atoms with E-state index >= 15 is 0 Å². The van der Waals surface area contributed by atoms with Gasteiger partial charge in [0.2, 0.25) is 0 Å². The Morgan fingerprint density at radius 1 is 1.00 bits per heavy atom. The van der Waals surface area contributed by atoms with Crippen LogP contribution < -0.4 is 14.4 Å². The maximum Gasteiger partial charge on any atom is 0.416 e. The number of carbonyl (C=O) groups is 1. The van der Waals surface area contributed by atoms with Gasteiger partial charge in [-0.1, -0.05) is 6.07 Å². The van der Waals surface area contributed by atoms with Crippen molar-refractivity contribution in [3.8, 4) is 5.75 Å². The van der Waals surface area contributed by atoms with Gasteiger partial charge in [0.1, 0.15) is 5.75 Å². The van der Waals surface area contributed by atoms with Crippen LogP contribution in [-0.4, -0.2) is 28.0 Å². The van der Waals surface area contributed by atoms with Crippen molar-refractivity contribution >= 4 is 27.3 Å². The molecule has 3 aromatic carbocycles. The minimum absolute atomic E-state index is 0.0495. The molecule has 0 saturated carbocycles. The summed E-state index contributed by atoms with van der Waals surface area (Å²) in [6, 6.07) is 14.9. The highest BCUT2D eigenvalue weighted by Gasteiger charge is 2.31. The van der Waals surface area contributed by atoms with E-state index in [0.717, 1.165) is 29.8 Å². The normalized spacial score (nSPS) is 13.8. The molecule has 1 N–H and O–H groups in total. The molecule has 0 unspecified atom stereocenters. The zero-order valence-electron chi connectivity index (χ0n) is 18.1. The fraction of sp³-hybridized carbons (Fsp3) is 0.208. The monoisotopic (exact) mass is 490 g/mol. The number of rotatable bonds is 5. The molecule has 0 spiro atoms. The number of sulfonamides is 1. The minimum atomic E-state index is -4.49. The molecule has 4 rings (SSSR count). The highest BCUT2D eigenvalue weighted by atomic mass is 32.2. The summed E-state index contributed by atoms with van der Waals surface area (Å²) in [5.74, 6) is -0.0692. The lowest BCUT2D eigenvalue weighted by atomic mass is 10.0. The van der Waals surface area contributed by atoms with Gasteiger partial charge in [0.05, 0.1) is 23.3 Å². The highest BCUT2D eigenvalue weighted by Crippen LogP contribution is 2.35. The second kappa shape index (κ2) is 9.02. The van der Waals surface area contributed by atoms with E-state index in [9.17, 15) is 26.4 Å². The standard InChI is InChI=1S/C24H21F3N2O4S/c1-33-20-10-12-21(13-11-20)34(31,32)29-14-2-3-16-6-9-19(15-22(16)29)28-23(30)17-4-7-18(8-5-17)24(25,26)27/h4-13,15H,2-3,14H2,1H3,(H,28,30). The summed E-state index contributed by atoms with van der Waals surface area (Å²) in [5, 5.41) is 2.64. The third-order valence-corrected chi connectivity index (χ3v) is 7.37. The van der Waals surface area contributed by atoms with E-state index < -0.39 is 27.7 Å². The second-order valence-corrected chi connectivity index (χ2v) is 9.59. The Kier molecular flexibility index (Phi) is 6.26. The highest BCUT2D eigenvalue weighted by molar-refractivity contribution is 7.92. The molecule has 0 saturated heterocycles. The average Bonchev–Trinajstić information content (AvgIpc) is 2.83. The Balaban J connectivity index is 1.60. The number of alkyl halides is 3. The van der Waals surface area contributed by atoms with E-state index in [4.69, 9.17) is 4.74 Å². The minimum Gasteiger partial charge on any atom is -0.497 e. The largest absolute Gasteiger partial charge is 0.497 e. The first-order valence-electron chi connectivity index (χ1n) is 10.4. The number of amides is 1. The molecular weight excluding hydrogens is 469 g/mol. The third-order valence-electron chi connectivity index (χ3n) is 5.54. The van der Waals surface area contributed by atoms with E-state index in [0.29, 0.717) is 30.0 Å². The van der Waals surface area contributed by atoms with Crippen LogP contribution in [0.4, 0.5) is 24.5 Å².